The number of amides is 2. The van der Waals surface area contributed by atoms with Gasteiger partial charge in [-0.15, -0.1) is 11.3 Å². The van der Waals surface area contributed by atoms with Gasteiger partial charge in [-0.2, -0.15) is 0 Å². The van der Waals surface area contributed by atoms with Gasteiger partial charge in [-0.05, 0) is 56.8 Å². The summed E-state index contributed by atoms with van der Waals surface area (Å²) >= 11 is 1.55. The summed E-state index contributed by atoms with van der Waals surface area (Å²) in [5.74, 6) is -0.123. The van der Waals surface area contributed by atoms with Gasteiger partial charge < -0.3 is 15.5 Å². The fourth-order valence-corrected chi connectivity index (χ4v) is 3.53. The molecule has 0 aliphatic carbocycles. The maximum absolute atomic E-state index is 12.3. The summed E-state index contributed by atoms with van der Waals surface area (Å²) in [5.41, 5.74) is 2.85. The Labute approximate surface area is 153 Å². The van der Waals surface area contributed by atoms with Crippen molar-refractivity contribution in [3.05, 3.63) is 51.2 Å². The monoisotopic (exact) mass is 359 g/mol. The molecule has 1 aromatic heterocycles. The molecule has 0 aliphatic rings. The van der Waals surface area contributed by atoms with Gasteiger partial charge in [-0.1, -0.05) is 19.1 Å². The molecular formula is C19H25N3O2S. The molecule has 25 heavy (non-hydrogen) atoms. The first-order valence-corrected chi connectivity index (χ1v) is 9.11. The fraction of sp³-hybridized carbons (Fsp3) is 0.368. The second kappa shape index (κ2) is 8.78. The van der Waals surface area contributed by atoms with Crippen LogP contribution in [-0.2, 0) is 17.8 Å². The first kappa shape index (κ1) is 19.1. The van der Waals surface area contributed by atoms with Gasteiger partial charge in [0.2, 0.25) is 5.91 Å². The van der Waals surface area contributed by atoms with Gasteiger partial charge in [0.15, 0.2) is 0 Å². The Morgan fingerprint density at radius 2 is 1.96 bits per heavy atom. The Bertz CT molecular complexity index is 753. The third kappa shape index (κ3) is 5.69. The molecule has 0 radical (unpaired) electrons. The molecule has 2 aromatic rings. The molecule has 134 valence electrons. The molecule has 0 aliphatic heterocycles. The zero-order chi connectivity index (χ0) is 18.4. The van der Waals surface area contributed by atoms with Crippen molar-refractivity contribution in [2.75, 3.05) is 26.0 Å². The molecule has 6 heteroatoms. The smallest absolute Gasteiger partial charge is 0.261 e. The number of aryl methyl sites for hydroxylation is 2. The van der Waals surface area contributed by atoms with Crippen LogP contribution in [0.2, 0.25) is 0 Å². The van der Waals surface area contributed by atoms with Crippen molar-refractivity contribution in [3.63, 3.8) is 0 Å². The number of anilines is 1. The van der Waals surface area contributed by atoms with Crippen LogP contribution in [0, 0.1) is 6.92 Å². The van der Waals surface area contributed by atoms with Crippen molar-refractivity contribution in [3.8, 4) is 0 Å². The highest BCUT2D eigenvalue weighted by Gasteiger charge is 2.11. The lowest BCUT2D eigenvalue weighted by Crippen LogP contribution is -2.27. The van der Waals surface area contributed by atoms with Crippen LogP contribution in [-0.4, -0.2) is 37.4 Å². The van der Waals surface area contributed by atoms with E-state index in [0.29, 0.717) is 13.1 Å². The van der Waals surface area contributed by atoms with E-state index >= 15 is 0 Å². The summed E-state index contributed by atoms with van der Waals surface area (Å²) in [4.78, 5) is 27.9. The van der Waals surface area contributed by atoms with Crippen LogP contribution >= 0.6 is 11.3 Å². The number of hydrogen-bond acceptors (Lipinski definition) is 4. The van der Waals surface area contributed by atoms with E-state index in [1.54, 1.807) is 11.3 Å². The van der Waals surface area contributed by atoms with E-state index < -0.39 is 0 Å². The van der Waals surface area contributed by atoms with Gasteiger partial charge in [-0.3, -0.25) is 9.59 Å². The minimum absolute atomic E-state index is 0.0603. The van der Waals surface area contributed by atoms with Gasteiger partial charge in [0.25, 0.3) is 5.91 Å². The summed E-state index contributed by atoms with van der Waals surface area (Å²) in [5, 5.41) is 5.80. The van der Waals surface area contributed by atoms with Crippen molar-refractivity contribution < 1.29 is 9.59 Å². The number of benzene rings is 1. The number of nitrogens with one attached hydrogen (secondary N) is 2. The number of nitrogens with zero attached hydrogens (tertiary/aromatic N) is 1. The minimum Gasteiger partial charge on any atom is -0.347 e. The lowest BCUT2D eigenvalue weighted by Gasteiger charge is -2.11. The molecule has 2 N–H and O–H groups in total. The topological polar surface area (TPSA) is 61.4 Å². The lowest BCUT2D eigenvalue weighted by molar-refractivity contribution is -0.116. The van der Waals surface area contributed by atoms with Crippen LogP contribution in [0.25, 0.3) is 0 Å². The number of rotatable bonds is 7. The van der Waals surface area contributed by atoms with E-state index in [-0.39, 0.29) is 11.8 Å². The van der Waals surface area contributed by atoms with Gasteiger partial charge in [0.1, 0.15) is 0 Å². The zero-order valence-electron chi connectivity index (χ0n) is 15.2. The third-order valence-corrected chi connectivity index (χ3v) is 5.07. The van der Waals surface area contributed by atoms with E-state index in [1.165, 1.54) is 10.4 Å². The number of likely N-dealkylation sites (N-methyl/N-ethyl adjacent to an activating group) is 1. The maximum atomic E-state index is 12.3. The maximum Gasteiger partial charge on any atom is 0.261 e. The Hall–Kier alpha value is -2.18. The number of carbonyl (C=O) groups is 2. The van der Waals surface area contributed by atoms with Crippen LogP contribution in [0.1, 0.15) is 32.6 Å². The predicted octanol–water partition coefficient (Wildman–Crippen LogP) is 3.05. The molecule has 0 atom stereocenters. The molecule has 0 bridgehead atoms. The highest BCUT2D eigenvalue weighted by atomic mass is 32.1. The van der Waals surface area contributed by atoms with E-state index in [1.807, 2.05) is 56.3 Å². The average Bonchev–Trinajstić information content (AvgIpc) is 2.93. The Balaban J connectivity index is 1.95. The summed E-state index contributed by atoms with van der Waals surface area (Å²) in [6.07, 6.45) is 0.943. The van der Waals surface area contributed by atoms with Gasteiger partial charge in [0, 0.05) is 17.1 Å². The minimum atomic E-state index is -0.0626. The van der Waals surface area contributed by atoms with E-state index in [0.717, 1.165) is 22.5 Å². The Kier molecular flexibility index (Phi) is 6.73. The first-order valence-electron chi connectivity index (χ1n) is 8.30. The molecule has 2 rings (SSSR count). The predicted molar refractivity (Wildman–Crippen MR) is 103 cm³/mol. The van der Waals surface area contributed by atoms with Gasteiger partial charge in [-0.25, -0.2) is 0 Å². The van der Waals surface area contributed by atoms with Crippen LogP contribution in [0.15, 0.2) is 30.3 Å². The molecule has 0 saturated heterocycles. The number of hydrogen-bond donors (Lipinski definition) is 2. The number of thiophene rings is 1. The van der Waals surface area contributed by atoms with Crippen LogP contribution in [0.4, 0.5) is 5.69 Å². The highest BCUT2D eigenvalue weighted by Crippen LogP contribution is 2.22. The largest absolute Gasteiger partial charge is 0.347 e. The lowest BCUT2D eigenvalue weighted by atomic mass is 10.2. The van der Waals surface area contributed by atoms with Crippen molar-refractivity contribution >= 4 is 28.8 Å². The standard InChI is InChI=1S/C19H25N3O2S/c1-5-16-13(2)9-17(25-16)19(24)20-11-14-7-6-8-15(10-14)21-18(23)12-22(3)4/h6-10H,5,11-12H2,1-4H3,(H,20,24)(H,21,23). The summed E-state index contributed by atoms with van der Waals surface area (Å²) in [7, 11) is 3.70. The van der Waals surface area contributed by atoms with Gasteiger partial charge in [0.05, 0.1) is 11.4 Å². The molecule has 0 unspecified atom stereocenters. The van der Waals surface area contributed by atoms with Crippen molar-refractivity contribution in [2.24, 2.45) is 0 Å². The molecule has 0 fully saturated rings. The van der Waals surface area contributed by atoms with Crippen LogP contribution < -0.4 is 10.6 Å². The van der Waals surface area contributed by atoms with Crippen molar-refractivity contribution in [1.82, 2.24) is 10.2 Å². The normalized spacial score (nSPS) is 10.8. The molecule has 2 amide bonds. The highest BCUT2D eigenvalue weighted by molar-refractivity contribution is 7.14. The Morgan fingerprint density at radius 1 is 1.20 bits per heavy atom. The molecule has 1 aromatic carbocycles. The number of carbonyl (C=O) groups excluding carboxylic acids is 2. The average molecular weight is 359 g/mol. The molecule has 1 heterocycles. The van der Waals surface area contributed by atoms with E-state index in [4.69, 9.17) is 0 Å². The zero-order valence-corrected chi connectivity index (χ0v) is 16.0. The summed E-state index contributed by atoms with van der Waals surface area (Å²) in [6.45, 7) is 4.88. The van der Waals surface area contributed by atoms with Crippen molar-refractivity contribution in [2.45, 2.75) is 26.8 Å². The Morgan fingerprint density at radius 3 is 2.60 bits per heavy atom. The second-order valence-corrected chi connectivity index (χ2v) is 7.38. The van der Waals surface area contributed by atoms with Gasteiger partial charge >= 0.3 is 0 Å². The fourth-order valence-electron chi connectivity index (χ4n) is 2.50. The third-order valence-electron chi connectivity index (χ3n) is 3.69. The molecule has 0 saturated carbocycles. The van der Waals surface area contributed by atoms with Crippen LogP contribution in [0.5, 0.6) is 0 Å². The van der Waals surface area contributed by atoms with E-state index in [9.17, 15) is 9.59 Å². The summed E-state index contributed by atoms with van der Waals surface area (Å²) < 4.78 is 0. The molecule has 0 spiro atoms. The molecular weight excluding hydrogens is 334 g/mol. The molecule has 5 nitrogen and oxygen atoms in total. The SMILES string of the molecule is CCc1sc(C(=O)NCc2cccc(NC(=O)CN(C)C)c2)cc1C. The quantitative estimate of drug-likeness (QED) is 0.799. The van der Waals surface area contributed by atoms with Crippen molar-refractivity contribution in [1.29, 1.82) is 0 Å². The first-order chi connectivity index (χ1) is 11.9. The van der Waals surface area contributed by atoms with Crippen LogP contribution in [0.3, 0.4) is 0 Å². The second-order valence-electron chi connectivity index (χ2n) is 6.24. The summed E-state index contributed by atoms with van der Waals surface area (Å²) in [6, 6.07) is 9.47. The van der Waals surface area contributed by atoms with E-state index in [2.05, 4.69) is 17.6 Å².